The zero-order chi connectivity index (χ0) is 25.1. The van der Waals surface area contributed by atoms with E-state index >= 15 is 0 Å². The average molecular weight is 513 g/mol. The number of thioether (sulfide) groups is 1. The Bertz CT molecular complexity index is 1450. The molecule has 0 saturated carbocycles. The lowest BCUT2D eigenvalue weighted by atomic mass is 10.1. The first kappa shape index (κ1) is 24.2. The van der Waals surface area contributed by atoms with Crippen LogP contribution in [0.5, 0.6) is 0 Å². The Balaban J connectivity index is 1.51. The molecule has 0 radical (unpaired) electrons. The number of benzene rings is 3. The van der Waals surface area contributed by atoms with Crippen molar-refractivity contribution in [3.8, 4) is 11.3 Å². The summed E-state index contributed by atoms with van der Waals surface area (Å²) in [6, 6.07) is 27.4. The molecule has 1 amide bonds. The Kier molecular flexibility index (Phi) is 7.12. The molecule has 1 aliphatic rings. The van der Waals surface area contributed by atoms with Gasteiger partial charge in [0.05, 0.1) is 21.3 Å². The molecule has 1 aromatic heterocycles. The summed E-state index contributed by atoms with van der Waals surface area (Å²) in [5, 5.41) is 1.22. The second-order valence-electron chi connectivity index (χ2n) is 8.37. The first-order valence-corrected chi connectivity index (χ1v) is 13.1. The van der Waals surface area contributed by atoms with Crippen LogP contribution in [0.4, 0.5) is 11.4 Å². The molecule has 4 aromatic rings. The Hall–Kier alpha value is -3.54. The number of aliphatic imine (C=N–C) groups is 1. The number of amides is 1. The summed E-state index contributed by atoms with van der Waals surface area (Å²) < 4.78 is 6.03. The molecule has 1 aliphatic heterocycles. The Labute approximate surface area is 220 Å². The summed E-state index contributed by atoms with van der Waals surface area (Å²) in [5.74, 6) is 1.10. The standard InChI is InChI=1S/C30H25ClN2O2S/c1-3-20-9-13-22(14-10-20)32-30-33(23-15-11-21(4-2)12-16-23)29(34)28(36-30)19-24-17-18-27(35-24)25-7-5-6-8-26(25)31/h5-19H,3-4H2,1-2H3/b28-19-,32-30?. The highest BCUT2D eigenvalue weighted by molar-refractivity contribution is 8.19. The van der Waals surface area contributed by atoms with Crippen LogP contribution in [0.15, 0.2) is 99.2 Å². The maximum atomic E-state index is 13.6. The Morgan fingerprint density at radius 3 is 2.22 bits per heavy atom. The van der Waals surface area contributed by atoms with Crippen molar-refractivity contribution in [3.05, 3.63) is 112 Å². The first-order valence-electron chi connectivity index (χ1n) is 11.9. The Morgan fingerprint density at radius 2 is 1.56 bits per heavy atom. The fraction of sp³-hybridized carbons (Fsp3) is 0.133. The normalized spacial score (nSPS) is 15.9. The van der Waals surface area contributed by atoms with Crippen LogP contribution in [0, 0.1) is 0 Å². The zero-order valence-corrected chi connectivity index (χ0v) is 21.6. The van der Waals surface area contributed by atoms with Gasteiger partial charge in [0.15, 0.2) is 5.17 Å². The summed E-state index contributed by atoms with van der Waals surface area (Å²) in [7, 11) is 0. The highest BCUT2D eigenvalue weighted by Crippen LogP contribution is 2.38. The second-order valence-corrected chi connectivity index (χ2v) is 9.78. The lowest BCUT2D eigenvalue weighted by Gasteiger charge is -2.16. The molecule has 4 nitrogen and oxygen atoms in total. The summed E-state index contributed by atoms with van der Waals surface area (Å²) in [4.78, 5) is 20.6. The topological polar surface area (TPSA) is 45.8 Å². The molecule has 1 saturated heterocycles. The summed E-state index contributed by atoms with van der Waals surface area (Å²) in [6.07, 6.45) is 3.67. The smallest absolute Gasteiger partial charge is 0.271 e. The molecular formula is C30H25ClN2O2S. The molecule has 0 N–H and O–H groups in total. The molecule has 0 aliphatic carbocycles. The third-order valence-electron chi connectivity index (χ3n) is 6.02. The molecule has 180 valence electrons. The van der Waals surface area contributed by atoms with Crippen LogP contribution >= 0.6 is 23.4 Å². The van der Waals surface area contributed by atoms with Gasteiger partial charge in [-0.05, 0) is 84.3 Å². The van der Waals surface area contributed by atoms with Crippen molar-refractivity contribution in [1.82, 2.24) is 0 Å². The van der Waals surface area contributed by atoms with Crippen molar-refractivity contribution in [2.75, 3.05) is 4.90 Å². The SMILES string of the molecule is CCc1ccc(N=C2S/C(=C\c3ccc(-c4ccccc4Cl)o3)C(=O)N2c2ccc(CC)cc2)cc1. The molecule has 2 heterocycles. The van der Waals surface area contributed by atoms with E-state index in [4.69, 9.17) is 21.0 Å². The second kappa shape index (κ2) is 10.6. The van der Waals surface area contributed by atoms with Crippen LogP contribution in [0.25, 0.3) is 17.4 Å². The molecule has 5 rings (SSSR count). The number of carbonyl (C=O) groups is 1. The molecule has 3 aromatic carbocycles. The molecule has 36 heavy (non-hydrogen) atoms. The quantitative estimate of drug-likeness (QED) is 0.243. The monoisotopic (exact) mass is 512 g/mol. The number of carbonyl (C=O) groups excluding carboxylic acids is 1. The van der Waals surface area contributed by atoms with Gasteiger partial charge in [-0.3, -0.25) is 9.69 Å². The predicted octanol–water partition coefficient (Wildman–Crippen LogP) is 8.53. The maximum absolute atomic E-state index is 13.6. The van der Waals surface area contributed by atoms with Gasteiger partial charge in [-0.2, -0.15) is 0 Å². The molecule has 0 atom stereocenters. The van der Waals surface area contributed by atoms with E-state index in [-0.39, 0.29) is 5.91 Å². The highest BCUT2D eigenvalue weighted by Gasteiger charge is 2.35. The lowest BCUT2D eigenvalue weighted by molar-refractivity contribution is -0.113. The number of amidine groups is 1. The van der Waals surface area contributed by atoms with Gasteiger partial charge in [0.1, 0.15) is 11.5 Å². The van der Waals surface area contributed by atoms with E-state index < -0.39 is 0 Å². The van der Waals surface area contributed by atoms with E-state index in [0.29, 0.717) is 26.6 Å². The Morgan fingerprint density at radius 1 is 0.889 bits per heavy atom. The van der Waals surface area contributed by atoms with Crippen molar-refractivity contribution in [2.45, 2.75) is 26.7 Å². The van der Waals surface area contributed by atoms with Gasteiger partial charge in [0.2, 0.25) is 0 Å². The van der Waals surface area contributed by atoms with Crippen molar-refractivity contribution in [1.29, 1.82) is 0 Å². The minimum absolute atomic E-state index is 0.135. The van der Waals surface area contributed by atoms with Crippen molar-refractivity contribution in [3.63, 3.8) is 0 Å². The van der Waals surface area contributed by atoms with Gasteiger partial charge in [-0.1, -0.05) is 61.8 Å². The maximum Gasteiger partial charge on any atom is 0.271 e. The van der Waals surface area contributed by atoms with E-state index in [1.54, 1.807) is 11.0 Å². The third kappa shape index (κ3) is 5.03. The van der Waals surface area contributed by atoms with Crippen LogP contribution in [-0.4, -0.2) is 11.1 Å². The van der Waals surface area contributed by atoms with Crippen molar-refractivity contribution >= 4 is 51.9 Å². The van der Waals surface area contributed by atoms with Crippen molar-refractivity contribution < 1.29 is 9.21 Å². The predicted molar refractivity (Wildman–Crippen MR) is 151 cm³/mol. The number of hydrogen-bond donors (Lipinski definition) is 0. The van der Waals surface area contributed by atoms with Gasteiger partial charge in [0.25, 0.3) is 5.91 Å². The third-order valence-corrected chi connectivity index (χ3v) is 7.32. The molecular weight excluding hydrogens is 488 g/mol. The highest BCUT2D eigenvalue weighted by atomic mass is 35.5. The van der Waals surface area contributed by atoms with E-state index in [0.717, 1.165) is 29.8 Å². The molecule has 0 unspecified atom stereocenters. The number of anilines is 1. The lowest BCUT2D eigenvalue weighted by Crippen LogP contribution is -2.28. The zero-order valence-electron chi connectivity index (χ0n) is 20.1. The van der Waals surface area contributed by atoms with E-state index in [1.807, 2.05) is 72.8 Å². The number of aryl methyl sites for hydroxylation is 2. The van der Waals surface area contributed by atoms with Crippen LogP contribution < -0.4 is 4.90 Å². The van der Waals surface area contributed by atoms with Gasteiger partial charge in [-0.25, -0.2) is 4.99 Å². The van der Waals surface area contributed by atoms with Gasteiger partial charge in [-0.15, -0.1) is 0 Å². The number of rotatable bonds is 6. The van der Waals surface area contributed by atoms with Crippen molar-refractivity contribution in [2.24, 2.45) is 4.99 Å². The number of nitrogens with zero attached hydrogens (tertiary/aromatic N) is 2. The summed E-state index contributed by atoms with van der Waals surface area (Å²) >= 11 is 7.67. The number of hydrogen-bond acceptors (Lipinski definition) is 4. The van der Waals surface area contributed by atoms with Gasteiger partial charge in [0, 0.05) is 11.6 Å². The summed E-state index contributed by atoms with van der Waals surface area (Å²) in [5.41, 5.74) is 4.86. The average Bonchev–Trinajstić information content (AvgIpc) is 3.49. The fourth-order valence-electron chi connectivity index (χ4n) is 3.94. The molecule has 0 spiro atoms. The van der Waals surface area contributed by atoms with Crippen LogP contribution in [0.1, 0.15) is 30.7 Å². The largest absolute Gasteiger partial charge is 0.457 e. The minimum atomic E-state index is -0.135. The van der Waals surface area contributed by atoms with Crippen LogP contribution in [0.3, 0.4) is 0 Å². The van der Waals surface area contributed by atoms with E-state index in [9.17, 15) is 4.79 Å². The van der Waals surface area contributed by atoms with Crippen LogP contribution in [0.2, 0.25) is 5.02 Å². The number of halogens is 1. The minimum Gasteiger partial charge on any atom is -0.457 e. The van der Waals surface area contributed by atoms with Crippen LogP contribution in [-0.2, 0) is 17.6 Å². The first-order chi connectivity index (χ1) is 17.6. The molecule has 6 heteroatoms. The van der Waals surface area contributed by atoms with Gasteiger partial charge >= 0.3 is 0 Å². The fourth-order valence-corrected chi connectivity index (χ4v) is 5.15. The molecule has 0 bridgehead atoms. The van der Waals surface area contributed by atoms with E-state index in [2.05, 4.69) is 26.0 Å². The number of furan rings is 1. The molecule has 1 fully saturated rings. The summed E-state index contributed by atoms with van der Waals surface area (Å²) in [6.45, 7) is 4.23. The van der Waals surface area contributed by atoms with E-state index in [1.165, 1.54) is 22.9 Å². The van der Waals surface area contributed by atoms with Gasteiger partial charge < -0.3 is 4.42 Å².